The molecule has 158 valence electrons. The van der Waals surface area contributed by atoms with Crippen molar-refractivity contribution in [3.8, 4) is 5.75 Å². The van der Waals surface area contributed by atoms with E-state index in [4.69, 9.17) is 9.72 Å². The minimum absolute atomic E-state index is 0.163. The fourth-order valence-electron chi connectivity index (χ4n) is 4.77. The van der Waals surface area contributed by atoms with Gasteiger partial charge in [-0.05, 0) is 85.7 Å². The van der Waals surface area contributed by atoms with E-state index in [1.807, 2.05) is 42.5 Å². The van der Waals surface area contributed by atoms with Crippen molar-refractivity contribution in [2.75, 3.05) is 23.9 Å². The van der Waals surface area contributed by atoms with E-state index in [0.29, 0.717) is 6.04 Å². The highest BCUT2D eigenvalue weighted by molar-refractivity contribution is 6.03. The Balaban J connectivity index is 1.27. The van der Waals surface area contributed by atoms with Crippen molar-refractivity contribution in [2.24, 2.45) is 5.92 Å². The lowest BCUT2D eigenvalue weighted by Crippen LogP contribution is -2.48. The van der Waals surface area contributed by atoms with Crippen molar-refractivity contribution in [2.45, 2.75) is 31.7 Å². The van der Waals surface area contributed by atoms with E-state index in [2.05, 4.69) is 22.3 Å². The fraction of sp³-hybridized carbons (Fsp3) is 0.308. The molecule has 2 aromatic carbocycles. The summed E-state index contributed by atoms with van der Waals surface area (Å²) in [5.74, 6) is 2.54. The van der Waals surface area contributed by atoms with E-state index in [9.17, 15) is 4.79 Å². The van der Waals surface area contributed by atoms with Gasteiger partial charge in [-0.25, -0.2) is 4.98 Å². The van der Waals surface area contributed by atoms with Gasteiger partial charge in [0, 0.05) is 29.7 Å². The van der Waals surface area contributed by atoms with Gasteiger partial charge in [-0.1, -0.05) is 12.1 Å². The number of pyridine rings is 1. The van der Waals surface area contributed by atoms with Crippen LogP contribution in [0.1, 0.15) is 31.2 Å². The third kappa shape index (κ3) is 4.26. The van der Waals surface area contributed by atoms with Crippen LogP contribution in [0, 0.1) is 5.92 Å². The van der Waals surface area contributed by atoms with Crippen LogP contribution < -0.4 is 15.0 Å². The number of carbonyl (C=O) groups excluding carboxylic acids is 1. The summed E-state index contributed by atoms with van der Waals surface area (Å²) in [6, 6.07) is 18.3. The van der Waals surface area contributed by atoms with E-state index >= 15 is 0 Å². The summed E-state index contributed by atoms with van der Waals surface area (Å²) < 4.78 is 5.15. The lowest BCUT2D eigenvalue weighted by atomic mass is 9.80. The molecule has 3 aliphatic rings. The number of piperidine rings is 2. The van der Waals surface area contributed by atoms with Crippen LogP contribution in [-0.4, -0.2) is 30.6 Å². The van der Waals surface area contributed by atoms with Crippen LogP contribution in [-0.2, 0) is 4.79 Å². The second kappa shape index (κ2) is 8.42. The van der Waals surface area contributed by atoms with Crippen LogP contribution in [0.4, 0.5) is 11.5 Å². The fourth-order valence-corrected chi connectivity index (χ4v) is 4.77. The number of anilines is 2. The molecule has 3 heterocycles. The molecule has 6 rings (SSSR count). The highest BCUT2D eigenvalue weighted by Crippen LogP contribution is 2.37. The first kappa shape index (κ1) is 19.6. The molecular weight excluding hydrogens is 386 g/mol. The molecule has 2 saturated heterocycles. The topological polar surface area (TPSA) is 54.5 Å². The standard InChI is InChI=1S/C26H27N3O2/c1-31-23-11-4-18(5-12-23)6-15-26(30)27-21-8-13-24-20(16-21)7-14-25(28-24)29-17-19-2-9-22(29)10-3-19/h4-8,11-16,19,22H,2-3,9-10,17H2,1H3,(H,27,30)/b15-6+. The van der Waals surface area contributed by atoms with Crippen LogP contribution in [0.3, 0.4) is 0 Å². The van der Waals surface area contributed by atoms with E-state index in [1.165, 1.54) is 25.7 Å². The first-order valence-electron chi connectivity index (χ1n) is 11.0. The first-order valence-corrected chi connectivity index (χ1v) is 11.0. The van der Waals surface area contributed by atoms with Gasteiger partial charge in [0.15, 0.2) is 0 Å². The SMILES string of the molecule is COc1ccc(/C=C/C(=O)Nc2ccc3nc(N4CC5CCC4CC5)ccc3c2)cc1. The molecule has 1 aromatic heterocycles. The Morgan fingerprint density at radius 3 is 2.58 bits per heavy atom. The predicted molar refractivity (Wildman–Crippen MR) is 125 cm³/mol. The number of rotatable bonds is 5. The van der Waals surface area contributed by atoms with Crippen molar-refractivity contribution < 1.29 is 9.53 Å². The summed E-state index contributed by atoms with van der Waals surface area (Å²) in [6.45, 7) is 1.14. The summed E-state index contributed by atoms with van der Waals surface area (Å²) >= 11 is 0. The average Bonchev–Trinajstić information content (AvgIpc) is 2.83. The largest absolute Gasteiger partial charge is 0.497 e. The Kier molecular flexibility index (Phi) is 5.33. The van der Waals surface area contributed by atoms with E-state index in [-0.39, 0.29) is 5.91 Å². The Morgan fingerprint density at radius 2 is 1.87 bits per heavy atom. The predicted octanol–water partition coefficient (Wildman–Crippen LogP) is 5.27. The summed E-state index contributed by atoms with van der Waals surface area (Å²) in [5, 5.41) is 3.97. The third-order valence-electron chi connectivity index (χ3n) is 6.49. The monoisotopic (exact) mass is 413 g/mol. The third-order valence-corrected chi connectivity index (χ3v) is 6.49. The Hall–Kier alpha value is -3.34. The number of amides is 1. The highest BCUT2D eigenvalue weighted by atomic mass is 16.5. The van der Waals surface area contributed by atoms with E-state index in [0.717, 1.165) is 46.2 Å². The molecule has 1 saturated carbocycles. The van der Waals surface area contributed by atoms with Gasteiger partial charge in [-0.3, -0.25) is 4.79 Å². The number of nitrogens with one attached hydrogen (secondary N) is 1. The van der Waals surface area contributed by atoms with Crippen LogP contribution in [0.2, 0.25) is 0 Å². The molecule has 5 nitrogen and oxygen atoms in total. The van der Waals surface area contributed by atoms with Gasteiger partial charge in [-0.15, -0.1) is 0 Å². The summed E-state index contributed by atoms with van der Waals surface area (Å²) in [4.78, 5) is 19.7. The zero-order valence-electron chi connectivity index (χ0n) is 17.8. The summed E-state index contributed by atoms with van der Waals surface area (Å²) in [7, 11) is 1.63. The Morgan fingerprint density at radius 1 is 1.06 bits per heavy atom. The number of nitrogens with zero attached hydrogens (tertiary/aromatic N) is 2. The molecule has 31 heavy (non-hydrogen) atoms. The molecule has 0 atom stereocenters. The zero-order chi connectivity index (χ0) is 21.2. The molecule has 0 spiro atoms. The first-order chi connectivity index (χ1) is 15.2. The normalized spacial score (nSPS) is 20.4. The lowest BCUT2D eigenvalue weighted by Gasteiger charge is -2.46. The number of aromatic nitrogens is 1. The average molecular weight is 414 g/mol. The lowest BCUT2D eigenvalue weighted by molar-refractivity contribution is -0.111. The van der Waals surface area contributed by atoms with Crippen molar-refractivity contribution in [3.63, 3.8) is 0 Å². The van der Waals surface area contributed by atoms with Gasteiger partial charge in [0.05, 0.1) is 12.6 Å². The highest BCUT2D eigenvalue weighted by Gasteiger charge is 2.34. The molecule has 3 fully saturated rings. The maximum Gasteiger partial charge on any atom is 0.248 e. The van der Waals surface area contributed by atoms with Crippen LogP contribution >= 0.6 is 0 Å². The number of carbonyl (C=O) groups is 1. The summed E-state index contributed by atoms with van der Waals surface area (Å²) in [5.41, 5.74) is 2.67. The van der Waals surface area contributed by atoms with Crippen LogP contribution in [0.5, 0.6) is 5.75 Å². The number of methoxy groups -OCH3 is 1. The second-order valence-electron chi connectivity index (χ2n) is 8.50. The number of benzene rings is 2. The molecule has 2 aliphatic heterocycles. The molecule has 0 radical (unpaired) electrons. The minimum atomic E-state index is -0.163. The smallest absolute Gasteiger partial charge is 0.248 e. The maximum absolute atomic E-state index is 12.3. The minimum Gasteiger partial charge on any atom is -0.497 e. The molecular formula is C26H27N3O2. The molecule has 3 aromatic rings. The van der Waals surface area contributed by atoms with Gasteiger partial charge in [-0.2, -0.15) is 0 Å². The van der Waals surface area contributed by atoms with Crippen molar-refractivity contribution >= 4 is 34.4 Å². The van der Waals surface area contributed by atoms with Crippen molar-refractivity contribution in [1.82, 2.24) is 4.98 Å². The van der Waals surface area contributed by atoms with Gasteiger partial charge in [0.1, 0.15) is 11.6 Å². The molecule has 2 bridgehead atoms. The summed E-state index contributed by atoms with van der Waals surface area (Å²) in [6.07, 6.45) is 8.64. The number of ether oxygens (including phenoxy) is 1. The number of fused-ring (bicyclic) bond motifs is 4. The van der Waals surface area contributed by atoms with E-state index in [1.54, 1.807) is 19.3 Å². The zero-order valence-corrected chi connectivity index (χ0v) is 17.8. The van der Waals surface area contributed by atoms with Gasteiger partial charge in [0.25, 0.3) is 0 Å². The number of hydrogen-bond acceptors (Lipinski definition) is 4. The molecule has 1 aliphatic carbocycles. The van der Waals surface area contributed by atoms with Crippen LogP contribution in [0.15, 0.2) is 60.7 Å². The molecule has 1 amide bonds. The Labute approximate surface area is 182 Å². The molecule has 1 N–H and O–H groups in total. The van der Waals surface area contributed by atoms with Gasteiger partial charge in [0.2, 0.25) is 5.91 Å². The van der Waals surface area contributed by atoms with Crippen LogP contribution in [0.25, 0.3) is 17.0 Å². The van der Waals surface area contributed by atoms with Gasteiger partial charge < -0.3 is 15.0 Å². The number of hydrogen-bond donors (Lipinski definition) is 1. The molecule has 0 unspecified atom stereocenters. The quantitative estimate of drug-likeness (QED) is 0.579. The van der Waals surface area contributed by atoms with Crippen molar-refractivity contribution in [1.29, 1.82) is 0 Å². The van der Waals surface area contributed by atoms with Gasteiger partial charge >= 0.3 is 0 Å². The second-order valence-corrected chi connectivity index (χ2v) is 8.50. The Bertz CT molecular complexity index is 1120. The maximum atomic E-state index is 12.3. The van der Waals surface area contributed by atoms with Crippen molar-refractivity contribution in [3.05, 3.63) is 66.2 Å². The molecule has 5 heteroatoms. The van der Waals surface area contributed by atoms with E-state index < -0.39 is 0 Å².